The van der Waals surface area contributed by atoms with Crippen molar-refractivity contribution in [2.24, 2.45) is 0 Å². The minimum Gasteiger partial charge on any atom is -0.459 e. The van der Waals surface area contributed by atoms with Crippen molar-refractivity contribution in [1.29, 1.82) is 0 Å². The molecule has 1 aromatic carbocycles. The van der Waals surface area contributed by atoms with Crippen LogP contribution in [0.25, 0.3) is 0 Å². The Morgan fingerprint density at radius 2 is 2.15 bits per heavy atom. The molecule has 1 N–H and O–H groups in total. The third-order valence-corrected chi connectivity index (χ3v) is 6.42. The molecule has 0 bridgehead atoms. The fourth-order valence-corrected chi connectivity index (χ4v) is 4.87. The summed E-state index contributed by atoms with van der Waals surface area (Å²) in [4.78, 5) is 14.4. The van der Waals surface area contributed by atoms with E-state index in [9.17, 15) is 13.2 Å². The van der Waals surface area contributed by atoms with Crippen LogP contribution in [0.5, 0.6) is 0 Å². The molecule has 27 heavy (non-hydrogen) atoms. The van der Waals surface area contributed by atoms with Crippen molar-refractivity contribution < 1.29 is 17.6 Å². The number of hydrogen-bond donors (Lipinski definition) is 1. The van der Waals surface area contributed by atoms with E-state index in [-0.39, 0.29) is 21.7 Å². The predicted molar refractivity (Wildman–Crippen MR) is 101 cm³/mol. The molecule has 140 valence electrons. The Balaban J connectivity index is 1.64. The number of fused-ring (bicyclic) bond motifs is 1. The highest BCUT2D eigenvalue weighted by Crippen LogP contribution is 2.31. The number of carbonyl (C=O) groups is 1. The number of sulfonamides is 1. The number of aryl methyl sites for hydroxylation is 2. The van der Waals surface area contributed by atoms with Crippen molar-refractivity contribution >= 4 is 38.1 Å². The standard InChI is InChI=1S/C17H16N4O4S2/c1-11-18-19-17(26-11)20-27(23,24)13-6-7-14-12(10-13)4-2-8-21(14)16(22)15-5-3-9-25-15/h3,5-7,9-10H,2,4,8H2,1H3,(H,19,20). The Labute approximate surface area is 159 Å². The smallest absolute Gasteiger partial charge is 0.293 e. The number of anilines is 2. The van der Waals surface area contributed by atoms with Crippen LogP contribution in [0.2, 0.25) is 0 Å². The van der Waals surface area contributed by atoms with Gasteiger partial charge in [0.25, 0.3) is 15.9 Å². The number of carbonyl (C=O) groups excluding carboxylic acids is 1. The molecule has 0 fully saturated rings. The Morgan fingerprint density at radius 1 is 1.30 bits per heavy atom. The summed E-state index contributed by atoms with van der Waals surface area (Å²) < 4.78 is 32.9. The summed E-state index contributed by atoms with van der Waals surface area (Å²) in [6, 6.07) is 8.03. The number of aromatic nitrogens is 2. The first-order chi connectivity index (χ1) is 12.9. The van der Waals surface area contributed by atoms with E-state index in [2.05, 4.69) is 14.9 Å². The summed E-state index contributed by atoms with van der Waals surface area (Å²) in [5, 5.41) is 8.49. The lowest BCUT2D eigenvalue weighted by atomic mass is 10.0. The van der Waals surface area contributed by atoms with Crippen LogP contribution in [0.15, 0.2) is 45.9 Å². The normalized spacial score (nSPS) is 14.0. The van der Waals surface area contributed by atoms with E-state index >= 15 is 0 Å². The molecule has 0 saturated carbocycles. The monoisotopic (exact) mass is 404 g/mol. The van der Waals surface area contributed by atoms with Gasteiger partial charge < -0.3 is 9.32 Å². The van der Waals surface area contributed by atoms with Crippen LogP contribution in [0.1, 0.15) is 27.5 Å². The zero-order chi connectivity index (χ0) is 19.0. The minimum absolute atomic E-state index is 0.126. The molecule has 3 heterocycles. The van der Waals surface area contributed by atoms with Crippen LogP contribution in [-0.2, 0) is 16.4 Å². The maximum atomic E-state index is 12.6. The van der Waals surface area contributed by atoms with Gasteiger partial charge in [-0.15, -0.1) is 10.2 Å². The molecule has 0 saturated heterocycles. The molecule has 1 amide bonds. The van der Waals surface area contributed by atoms with Crippen molar-refractivity contribution in [2.45, 2.75) is 24.7 Å². The van der Waals surface area contributed by atoms with Gasteiger partial charge in [-0.25, -0.2) is 8.42 Å². The first kappa shape index (κ1) is 17.7. The summed E-state index contributed by atoms with van der Waals surface area (Å²) in [7, 11) is -3.78. The highest BCUT2D eigenvalue weighted by atomic mass is 32.2. The number of furan rings is 1. The first-order valence-corrected chi connectivity index (χ1v) is 10.6. The molecule has 1 aliphatic rings. The van der Waals surface area contributed by atoms with Crippen LogP contribution in [0.3, 0.4) is 0 Å². The quantitative estimate of drug-likeness (QED) is 0.717. The van der Waals surface area contributed by atoms with Crippen LogP contribution >= 0.6 is 11.3 Å². The van der Waals surface area contributed by atoms with Crippen LogP contribution < -0.4 is 9.62 Å². The number of hydrogen-bond acceptors (Lipinski definition) is 7. The molecule has 2 aromatic heterocycles. The van der Waals surface area contributed by atoms with Crippen molar-refractivity contribution in [3.05, 3.63) is 52.9 Å². The van der Waals surface area contributed by atoms with Crippen LogP contribution in [0.4, 0.5) is 10.8 Å². The van der Waals surface area contributed by atoms with E-state index in [1.54, 1.807) is 36.1 Å². The third-order valence-electron chi connectivity index (χ3n) is 4.20. The highest BCUT2D eigenvalue weighted by molar-refractivity contribution is 7.93. The summed E-state index contributed by atoms with van der Waals surface area (Å²) >= 11 is 1.17. The van der Waals surface area contributed by atoms with E-state index in [1.807, 2.05) is 0 Å². The fourth-order valence-electron chi connectivity index (χ4n) is 3.00. The minimum atomic E-state index is -3.78. The zero-order valence-electron chi connectivity index (χ0n) is 14.4. The molecule has 0 aliphatic carbocycles. The van der Waals surface area contributed by atoms with Gasteiger partial charge in [0.15, 0.2) is 5.76 Å². The van der Waals surface area contributed by atoms with E-state index in [0.29, 0.717) is 23.7 Å². The van der Waals surface area contributed by atoms with Gasteiger partial charge in [-0.05, 0) is 55.7 Å². The molecule has 10 heteroatoms. The molecule has 8 nitrogen and oxygen atoms in total. The Morgan fingerprint density at radius 3 is 2.85 bits per heavy atom. The average Bonchev–Trinajstić information content (AvgIpc) is 3.32. The summed E-state index contributed by atoms with van der Waals surface area (Å²) in [6.07, 6.45) is 2.89. The SMILES string of the molecule is Cc1nnc(NS(=O)(=O)c2ccc3c(c2)CCCN3C(=O)c2ccco2)s1. The topological polar surface area (TPSA) is 105 Å². The maximum absolute atomic E-state index is 12.6. The third kappa shape index (κ3) is 3.45. The second kappa shape index (κ2) is 6.78. The van der Waals surface area contributed by atoms with Crippen LogP contribution in [0, 0.1) is 6.92 Å². The van der Waals surface area contributed by atoms with Crippen LogP contribution in [-0.4, -0.2) is 31.1 Å². The first-order valence-electron chi connectivity index (χ1n) is 8.25. The van der Waals surface area contributed by atoms with Crippen molar-refractivity contribution in [1.82, 2.24) is 10.2 Å². The molecular weight excluding hydrogens is 388 g/mol. The summed E-state index contributed by atoms with van der Waals surface area (Å²) in [6.45, 7) is 2.31. The van der Waals surface area contributed by atoms with Gasteiger partial charge in [0.05, 0.1) is 11.2 Å². The number of nitrogens with zero attached hydrogens (tertiary/aromatic N) is 3. The Bertz CT molecular complexity index is 1090. The molecule has 3 aromatic rings. The van der Waals surface area contributed by atoms with Gasteiger partial charge in [0.2, 0.25) is 5.13 Å². The lowest BCUT2D eigenvalue weighted by molar-refractivity contribution is 0.0958. The molecule has 0 atom stereocenters. The van der Waals surface area contributed by atoms with E-state index in [4.69, 9.17) is 4.42 Å². The van der Waals surface area contributed by atoms with Gasteiger partial charge >= 0.3 is 0 Å². The Hall–Kier alpha value is -2.72. The lowest BCUT2D eigenvalue weighted by Gasteiger charge is -2.29. The fraction of sp³-hybridized carbons (Fsp3) is 0.235. The van der Waals surface area contributed by atoms with Gasteiger partial charge in [-0.1, -0.05) is 11.3 Å². The molecule has 4 rings (SSSR count). The second-order valence-electron chi connectivity index (χ2n) is 6.06. The highest BCUT2D eigenvalue weighted by Gasteiger charge is 2.27. The second-order valence-corrected chi connectivity index (χ2v) is 8.92. The molecular formula is C17H16N4O4S2. The molecule has 0 radical (unpaired) electrons. The average molecular weight is 404 g/mol. The lowest BCUT2D eigenvalue weighted by Crippen LogP contribution is -2.35. The van der Waals surface area contributed by atoms with E-state index in [1.165, 1.54) is 23.7 Å². The summed E-state index contributed by atoms with van der Waals surface area (Å²) in [5.41, 5.74) is 1.51. The number of amides is 1. The molecule has 0 spiro atoms. The van der Waals surface area contributed by atoms with Crippen molar-refractivity contribution in [2.75, 3.05) is 16.2 Å². The van der Waals surface area contributed by atoms with Crippen molar-refractivity contribution in [3.63, 3.8) is 0 Å². The largest absolute Gasteiger partial charge is 0.459 e. The van der Waals surface area contributed by atoms with Crippen molar-refractivity contribution in [3.8, 4) is 0 Å². The number of rotatable bonds is 4. The van der Waals surface area contributed by atoms with E-state index in [0.717, 1.165) is 12.0 Å². The Kier molecular flexibility index (Phi) is 4.44. The molecule has 0 unspecified atom stereocenters. The van der Waals surface area contributed by atoms with Gasteiger partial charge in [0, 0.05) is 12.2 Å². The van der Waals surface area contributed by atoms with Gasteiger partial charge in [-0.3, -0.25) is 9.52 Å². The zero-order valence-corrected chi connectivity index (χ0v) is 16.0. The molecule has 1 aliphatic heterocycles. The number of benzene rings is 1. The maximum Gasteiger partial charge on any atom is 0.293 e. The number of nitrogens with one attached hydrogen (secondary N) is 1. The van der Waals surface area contributed by atoms with Gasteiger partial charge in [0.1, 0.15) is 5.01 Å². The summed E-state index contributed by atoms with van der Waals surface area (Å²) in [5.74, 6) is 0.0203. The van der Waals surface area contributed by atoms with E-state index < -0.39 is 10.0 Å². The predicted octanol–water partition coefficient (Wildman–Crippen LogP) is 2.83. The van der Waals surface area contributed by atoms with Gasteiger partial charge in [-0.2, -0.15) is 0 Å².